The van der Waals surface area contributed by atoms with Crippen molar-refractivity contribution in [3.05, 3.63) is 61.7 Å². The average Bonchev–Trinajstić information content (AvgIpc) is 2.45. The number of rotatable bonds is 5. The molecule has 90 valence electrons. The molecule has 0 aliphatic heterocycles. The van der Waals surface area contributed by atoms with Gasteiger partial charge in [0.1, 0.15) is 36.9 Å². The Morgan fingerprint density at radius 3 is 1.72 bits per heavy atom. The first-order valence-corrected chi connectivity index (χ1v) is 5.77. The zero-order valence-electron chi connectivity index (χ0n) is 10.2. The van der Waals surface area contributed by atoms with E-state index in [1.54, 1.807) is 12.4 Å². The molecule has 0 aliphatic rings. The van der Waals surface area contributed by atoms with Gasteiger partial charge in [0.2, 0.25) is 0 Å². The summed E-state index contributed by atoms with van der Waals surface area (Å²) in [4.78, 5) is 8.24. The number of nitrogens with zero attached hydrogens (tertiary/aromatic N) is 4. The first kappa shape index (κ1) is 12.1. The molecule has 0 aliphatic carbocycles. The van der Waals surface area contributed by atoms with Gasteiger partial charge in [-0.1, -0.05) is 23.1 Å². The lowest BCUT2D eigenvalue weighted by atomic mass is 10.3. The van der Waals surface area contributed by atoms with Crippen LogP contribution in [0.3, 0.4) is 0 Å². The van der Waals surface area contributed by atoms with Crippen molar-refractivity contribution in [2.75, 3.05) is 0 Å². The molecule has 0 atom stereocenters. The maximum Gasteiger partial charge on any atom is 0.286 e. The van der Waals surface area contributed by atoms with Crippen molar-refractivity contribution in [2.45, 2.75) is 13.1 Å². The van der Waals surface area contributed by atoms with E-state index in [9.17, 15) is 0 Å². The van der Waals surface area contributed by atoms with Crippen LogP contribution in [0.4, 0.5) is 0 Å². The maximum atomic E-state index is 4.12. The molecule has 2 aromatic rings. The number of aryl methyl sites for hydroxylation is 2. The molecule has 0 aromatic carbocycles. The van der Waals surface area contributed by atoms with Gasteiger partial charge in [-0.3, -0.25) is 0 Å². The van der Waals surface area contributed by atoms with E-state index in [4.69, 9.17) is 0 Å². The van der Waals surface area contributed by atoms with Gasteiger partial charge in [0.05, 0.1) is 0 Å². The zero-order chi connectivity index (χ0) is 12.8. The molecule has 0 spiro atoms. The largest absolute Gasteiger partial charge is 0.286 e. The molecule has 0 unspecified atom stereocenters. The lowest BCUT2D eigenvalue weighted by Crippen LogP contribution is -2.47. The molecular weight excluding hydrogens is 224 g/mol. The van der Waals surface area contributed by atoms with Crippen molar-refractivity contribution in [1.82, 2.24) is 9.97 Å². The molecule has 18 heavy (non-hydrogen) atoms. The van der Waals surface area contributed by atoms with Gasteiger partial charge in [-0.2, -0.15) is 0 Å². The van der Waals surface area contributed by atoms with Gasteiger partial charge in [0.15, 0.2) is 0 Å². The molecule has 0 fully saturated rings. The van der Waals surface area contributed by atoms with Gasteiger partial charge in [0.25, 0.3) is 12.7 Å². The Hall–Kier alpha value is -2.36. The SMILES string of the molecule is C=Cc1ccnc[n+]1CC[n+]1cnccc1C=C. The molecule has 2 rings (SSSR count). The van der Waals surface area contributed by atoms with Crippen LogP contribution in [0.15, 0.2) is 50.3 Å². The molecule has 0 amide bonds. The Bertz CT molecular complexity index is 512. The lowest BCUT2D eigenvalue weighted by molar-refractivity contribution is -0.782. The van der Waals surface area contributed by atoms with Gasteiger partial charge in [-0.25, -0.2) is 9.13 Å². The fourth-order valence-corrected chi connectivity index (χ4v) is 1.76. The van der Waals surface area contributed by atoms with Crippen LogP contribution in [0.1, 0.15) is 11.4 Å². The topological polar surface area (TPSA) is 33.5 Å². The second-order valence-corrected chi connectivity index (χ2v) is 3.81. The van der Waals surface area contributed by atoms with Crippen LogP contribution in [0.25, 0.3) is 12.2 Å². The van der Waals surface area contributed by atoms with Crippen molar-refractivity contribution in [3.8, 4) is 0 Å². The highest BCUT2D eigenvalue weighted by molar-refractivity contribution is 5.36. The van der Waals surface area contributed by atoms with E-state index >= 15 is 0 Å². The third-order valence-electron chi connectivity index (χ3n) is 2.74. The van der Waals surface area contributed by atoms with E-state index in [2.05, 4.69) is 32.3 Å². The van der Waals surface area contributed by atoms with Crippen LogP contribution >= 0.6 is 0 Å². The molecular formula is C14H16N4+2. The molecule has 0 bridgehead atoms. The summed E-state index contributed by atoms with van der Waals surface area (Å²) in [5.74, 6) is 0. The summed E-state index contributed by atoms with van der Waals surface area (Å²) in [5.41, 5.74) is 2.10. The maximum absolute atomic E-state index is 4.12. The van der Waals surface area contributed by atoms with E-state index in [1.165, 1.54) is 0 Å². The van der Waals surface area contributed by atoms with E-state index in [0.29, 0.717) is 0 Å². The summed E-state index contributed by atoms with van der Waals surface area (Å²) in [6.07, 6.45) is 10.8. The molecule has 0 saturated heterocycles. The van der Waals surface area contributed by atoms with Crippen LogP contribution < -0.4 is 9.13 Å². The Morgan fingerprint density at radius 1 is 0.889 bits per heavy atom. The summed E-state index contributed by atoms with van der Waals surface area (Å²) >= 11 is 0. The van der Waals surface area contributed by atoms with Gasteiger partial charge in [0, 0.05) is 12.1 Å². The minimum atomic E-state index is 0.812. The number of hydrogen-bond donors (Lipinski definition) is 0. The first-order valence-electron chi connectivity index (χ1n) is 5.77. The van der Waals surface area contributed by atoms with E-state index in [-0.39, 0.29) is 0 Å². The van der Waals surface area contributed by atoms with Crippen LogP contribution in [0, 0.1) is 0 Å². The average molecular weight is 240 g/mol. The monoisotopic (exact) mass is 240 g/mol. The third kappa shape index (κ3) is 2.66. The predicted octanol–water partition coefficient (Wildman–Crippen LogP) is 1.04. The molecule has 0 N–H and O–H groups in total. The molecule has 0 radical (unpaired) electrons. The molecule has 2 heterocycles. The van der Waals surface area contributed by atoms with E-state index < -0.39 is 0 Å². The van der Waals surface area contributed by atoms with Crippen LogP contribution in [-0.2, 0) is 13.1 Å². The Labute approximate surface area is 107 Å². The van der Waals surface area contributed by atoms with E-state index in [1.807, 2.05) is 36.9 Å². The molecule has 4 nitrogen and oxygen atoms in total. The quantitative estimate of drug-likeness (QED) is 0.732. The number of aromatic nitrogens is 4. The van der Waals surface area contributed by atoms with Gasteiger partial charge in [-0.05, 0) is 12.2 Å². The van der Waals surface area contributed by atoms with E-state index in [0.717, 1.165) is 24.5 Å². The van der Waals surface area contributed by atoms with Crippen LogP contribution in [0.2, 0.25) is 0 Å². The van der Waals surface area contributed by atoms with Crippen molar-refractivity contribution in [2.24, 2.45) is 0 Å². The standard InChI is InChI=1S/C14H16N4/c1-3-13-5-7-15-11-17(13)9-10-18-12-16-8-6-14(18)4-2/h3-8,11-12H,1-2,9-10H2/q+2. The summed E-state index contributed by atoms with van der Waals surface area (Å²) < 4.78 is 4.11. The van der Waals surface area contributed by atoms with Crippen molar-refractivity contribution >= 4 is 12.2 Å². The summed E-state index contributed by atoms with van der Waals surface area (Å²) in [7, 11) is 0. The van der Waals surface area contributed by atoms with Gasteiger partial charge in [-0.15, -0.1) is 0 Å². The van der Waals surface area contributed by atoms with Gasteiger partial charge < -0.3 is 0 Å². The molecule has 0 saturated carbocycles. The fraction of sp³-hybridized carbons (Fsp3) is 0.143. The summed E-state index contributed by atoms with van der Waals surface area (Å²) in [5, 5.41) is 0. The molecule has 4 heteroatoms. The fourth-order valence-electron chi connectivity index (χ4n) is 1.76. The predicted molar refractivity (Wildman–Crippen MR) is 69.0 cm³/mol. The number of hydrogen-bond acceptors (Lipinski definition) is 2. The van der Waals surface area contributed by atoms with Crippen molar-refractivity contribution < 1.29 is 9.13 Å². The van der Waals surface area contributed by atoms with Gasteiger partial charge >= 0.3 is 0 Å². The highest BCUT2D eigenvalue weighted by Crippen LogP contribution is 1.92. The second kappa shape index (κ2) is 5.82. The highest BCUT2D eigenvalue weighted by atomic mass is 15.1. The Kier molecular flexibility index (Phi) is 3.91. The lowest BCUT2D eigenvalue weighted by Gasteiger charge is -2.03. The van der Waals surface area contributed by atoms with Crippen LogP contribution in [0.5, 0.6) is 0 Å². The second-order valence-electron chi connectivity index (χ2n) is 3.81. The minimum Gasteiger partial charge on any atom is -0.226 e. The summed E-state index contributed by atoms with van der Waals surface area (Å²) in [6, 6.07) is 3.88. The first-order chi connectivity index (χ1) is 8.85. The van der Waals surface area contributed by atoms with Crippen molar-refractivity contribution in [3.63, 3.8) is 0 Å². The zero-order valence-corrected chi connectivity index (χ0v) is 10.2. The Balaban J connectivity index is 2.16. The van der Waals surface area contributed by atoms with Crippen LogP contribution in [-0.4, -0.2) is 9.97 Å². The highest BCUT2D eigenvalue weighted by Gasteiger charge is 2.08. The third-order valence-corrected chi connectivity index (χ3v) is 2.74. The van der Waals surface area contributed by atoms with Crippen molar-refractivity contribution in [1.29, 1.82) is 0 Å². The Morgan fingerprint density at radius 2 is 1.33 bits per heavy atom. The summed E-state index contributed by atoms with van der Waals surface area (Å²) in [6.45, 7) is 9.22. The smallest absolute Gasteiger partial charge is 0.226 e. The normalized spacial score (nSPS) is 10.0. The molecule has 2 aromatic heterocycles. The minimum absolute atomic E-state index is 0.812.